The molecule has 1 heterocycles. The third kappa shape index (κ3) is 4.75. The molecule has 114 valence electrons. The molecule has 0 bridgehead atoms. The number of hydrogen-bond donors (Lipinski definition) is 3. The molecule has 2 atom stereocenters. The van der Waals surface area contributed by atoms with E-state index in [0.717, 1.165) is 11.3 Å². The second kappa shape index (κ2) is 6.95. The summed E-state index contributed by atoms with van der Waals surface area (Å²) in [5.74, 6) is 0.239. The fourth-order valence-electron chi connectivity index (χ4n) is 2.11. The number of anilines is 1. The largest absolute Gasteiger partial charge is 0.332 e. The quantitative estimate of drug-likeness (QED) is 0.793. The van der Waals surface area contributed by atoms with Crippen molar-refractivity contribution >= 4 is 29.3 Å². The molecule has 1 aliphatic rings. The van der Waals surface area contributed by atoms with Crippen LogP contribution in [0.15, 0.2) is 18.2 Å². The molecule has 3 N–H and O–H groups in total. The second-order valence-corrected chi connectivity index (χ2v) is 6.47. The molecule has 1 aliphatic heterocycles. The lowest BCUT2D eigenvalue weighted by atomic mass is 10.1. The fraction of sp³-hybridized carbons (Fsp3) is 0.467. The Morgan fingerprint density at radius 1 is 1.38 bits per heavy atom. The first-order valence-corrected chi connectivity index (χ1v) is 8.03. The summed E-state index contributed by atoms with van der Waals surface area (Å²) in [5, 5.41) is 8.92. The van der Waals surface area contributed by atoms with Crippen molar-refractivity contribution in [1.29, 1.82) is 0 Å². The van der Waals surface area contributed by atoms with Gasteiger partial charge < -0.3 is 10.6 Å². The van der Waals surface area contributed by atoms with E-state index in [0.29, 0.717) is 6.42 Å². The standard InChI is InChI=1S/C15H21N3O2S/c1-9-4-5-12(6-10(9)2)17-14(20)8-21-15-16-11(3)7-13(19)18-15/h4-6,11,15-16H,7-8H2,1-3H3,(H,17,20)(H,18,19). The zero-order valence-electron chi connectivity index (χ0n) is 12.5. The van der Waals surface area contributed by atoms with E-state index in [-0.39, 0.29) is 29.1 Å². The second-order valence-electron chi connectivity index (χ2n) is 5.38. The molecule has 0 aliphatic carbocycles. The Bertz CT molecular complexity index is 548. The molecule has 21 heavy (non-hydrogen) atoms. The Hall–Kier alpha value is -1.53. The molecule has 1 aromatic carbocycles. The van der Waals surface area contributed by atoms with Crippen LogP contribution in [0.1, 0.15) is 24.5 Å². The number of rotatable bonds is 4. The molecule has 2 unspecified atom stereocenters. The average Bonchev–Trinajstić information content (AvgIpc) is 2.40. The van der Waals surface area contributed by atoms with Crippen LogP contribution in [0.3, 0.4) is 0 Å². The number of carbonyl (C=O) groups excluding carboxylic acids is 2. The number of hydrogen-bond acceptors (Lipinski definition) is 4. The number of benzene rings is 1. The van der Waals surface area contributed by atoms with E-state index >= 15 is 0 Å². The Labute approximate surface area is 129 Å². The van der Waals surface area contributed by atoms with Crippen LogP contribution in [0.5, 0.6) is 0 Å². The monoisotopic (exact) mass is 307 g/mol. The SMILES string of the molecule is Cc1ccc(NC(=O)CSC2NC(=O)CC(C)N2)cc1C. The van der Waals surface area contributed by atoms with Gasteiger partial charge in [0.15, 0.2) is 0 Å². The number of nitrogens with one attached hydrogen (secondary N) is 3. The maximum absolute atomic E-state index is 11.9. The first-order valence-electron chi connectivity index (χ1n) is 6.98. The lowest BCUT2D eigenvalue weighted by Crippen LogP contribution is -2.53. The zero-order chi connectivity index (χ0) is 15.4. The van der Waals surface area contributed by atoms with Gasteiger partial charge in [-0.25, -0.2) is 0 Å². The van der Waals surface area contributed by atoms with Gasteiger partial charge in [0.05, 0.1) is 5.75 Å². The summed E-state index contributed by atoms with van der Waals surface area (Å²) in [5.41, 5.74) is 2.95. The van der Waals surface area contributed by atoms with Gasteiger partial charge in [0.25, 0.3) is 0 Å². The number of thioether (sulfide) groups is 1. The lowest BCUT2D eigenvalue weighted by molar-refractivity contribution is -0.123. The van der Waals surface area contributed by atoms with E-state index in [2.05, 4.69) is 16.0 Å². The third-order valence-electron chi connectivity index (χ3n) is 3.39. The highest BCUT2D eigenvalue weighted by Crippen LogP contribution is 2.16. The Kier molecular flexibility index (Phi) is 5.25. The van der Waals surface area contributed by atoms with Crippen LogP contribution < -0.4 is 16.0 Å². The van der Waals surface area contributed by atoms with Gasteiger partial charge in [0.1, 0.15) is 5.50 Å². The van der Waals surface area contributed by atoms with Crippen LogP contribution in [0.2, 0.25) is 0 Å². The highest BCUT2D eigenvalue weighted by molar-refractivity contribution is 8.00. The van der Waals surface area contributed by atoms with Crippen LogP contribution in [-0.2, 0) is 9.59 Å². The molecule has 0 radical (unpaired) electrons. The summed E-state index contributed by atoms with van der Waals surface area (Å²) in [4.78, 5) is 23.4. The van der Waals surface area contributed by atoms with Crippen molar-refractivity contribution in [3.8, 4) is 0 Å². The first kappa shape index (κ1) is 15.9. The van der Waals surface area contributed by atoms with E-state index in [9.17, 15) is 9.59 Å². The van der Waals surface area contributed by atoms with E-state index in [4.69, 9.17) is 0 Å². The summed E-state index contributed by atoms with van der Waals surface area (Å²) >= 11 is 1.38. The summed E-state index contributed by atoms with van der Waals surface area (Å²) < 4.78 is 0. The molecule has 6 heteroatoms. The van der Waals surface area contributed by atoms with Gasteiger partial charge in [0.2, 0.25) is 11.8 Å². The van der Waals surface area contributed by atoms with Crippen molar-refractivity contribution in [2.24, 2.45) is 0 Å². The third-order valence-corrected chi connectivity index (χ3v) is 4.41. The van der Waals surface area contributed by atoms with Crippen molar-refractivity contribution < 1.29 is 9.59 Å². The normalized spacial score (nSPS) is 21.8. The van der Waals surface area contributed by atoms with E-state index in [1.54, 1.807) is 0 Å². The predicted octanol–water partition coefficient (Wildman–Crippen LogP) is 1.76. The Morgan fingerprint density at radius 2 is 2.14 bits per heavy atom. The van der Waals surface area contributed by atoms with Crippen molar-refractivity contribution in [3.63, 3.8) is 0 Å². The molecule has 5 nitrogen and oxygen atoms in total. The predicted molar refractivity (Wildman–Crippen MR) is 86.1 cm³/mol. The molecule has 2 amide bonds. The fourth-order valence-corrected chi connectivity index (χ4v) is 3.04. The summed E-state index contributed by atoms with van der Waals surface area (Å²) in [6, 6.07) is 5.98. The molecule has 0 spiro atoms. The lowest BCUT2D eigenvalue weighted by Gasteiger charge is -2.28. The van der Waals surface area contributed by atoms with Gasteiger partial charge in [-0.05, 0) is 44.0 Å². The van der Waals surface area contributed by atoms with Crippen LogP contribution >= 0.6 is 11.8 Å². The van der Waals surface area contributed by atoms with Gasteiger partial charge in [-0.3, -0.25) is 14.9 Å². The smallest absolute Gasteiger partial charge is 0.234 e. The molecule has 1 aromatic rings. The van der Waals surface area contributed by atoms with Gasteiger partial charge >= 0.3 is 0 Å². The Balaban J connectivity index is 1.81. The van der Waals surface area contributed by atoms with Crippen molar-refractivity contribution in [2.75, 3.05) is 11.1 Å². The van der Waals surface area contributed by atoms with E-state index in [1.807, 2.05) is 39.0 Å². The summed E-state index contributed by atoms with van der Waals surface area (Å²) in [6.07, 6.45) is 0.478. The van der Waals surface area contributed by atoms with Crippen LogP contribution in [0.4, 0.5) is 5.69 Å². The van der Waals surface area contributed by atoms with Gasteiger partial charge in [-0.2, -0.15) is 0 Å². The molecule has 0 aromatic heterocycles. The van der Waals surface area contributed by atoms with E-state index in [1.165, 1.54) is 17.3 Å². The molecule has 1 fully saturated rings. The number of amides is 2. The van der Waals surface area contributed by atoms with Crippen LogP contribution in [0, 0.1) is 13.8 Å². The molecule has 0 saturated carbocycles. The highest BCUT2D eigenvalue weighted by atomic mass is 32.2. The van der Waals surface area contributed by atoms with Gasteiger partial charge in [-0.15, -0.1) is 11.8 Å². The average molecular weight is 307 g/mol. The van der Waals surface area contributed by atoms with Gasteiger partial charge in [-0.1, -0.05) is 6.07 Å². The maximum atomic E-state index is 11.9. The topological polar surface area (TPSA) is 70.2 Å². The van der Waals surface area contributed by atoms with Gasteiger partial charge in [0, 0.05) is 18.2 Å². The minimum atomic E-state index is -0.202. The highest BCUT2D eigenvalue weighted by Gasteiger charge is 2.23. The summed E-state index contributed by atoms with van der Waals surface area (Å²) in [6.45, 7) is 6.01. The zero-order valence-corrected chi connectivity index (χ0v) is 13.3. The minimum absolute atomic E-state index is 0.0216. The van der Waals surface area contributed by atoms with Crippen LogP contribution in [0.25, 0.3) is 0 Å². The van der Waals surface area contributed by atoms with Crippen molar-refractivity contribution in [2.45, 2.75) is 38.7 Å². The number of carbonyl (C=O) groups is 2. The molecular formula is C15H21N3O2S. The maximum Gasteiger partial charge on any atom is 0.234 e. The van der Waals surface area contributed by atoms with Crippen molar-refractivity contribution in [1.82, 2.24) is 10.6 Å². The van der Waals surface area contributed by atoms with E-state index < -0.39 is 0 Å². The molecule has 1 saturated heterocycles. The number of aryl methyl sites for hydroxylation is 2. The Morgan fingerprint density at radius 3 is 2.81 bits per heavy atom. The molecule has 2 rings (SSSR count). The summed E-state index contributed by atoms with van der Waals surface area (Å²) in [7, 11) is 0. The van der Waals surface area contributed by atoms with Crippen molar-refractivity contribution in [3.05, 3.63) is 29.3 Å². The molecular weight excluding hydrogens is 286 g/mol. The minimum Gasteiger partial charge on any atom is -0.332 e. The first-order chi connectivity index (χ1) is 9.94. The van der Waals surface area contributed by atoms with Crippen LogP contribution in [-0.4, -0.2) is 29.1 Å².